The maximum Gasteiger partial charge on any atom is 0.250 e. The fourth-order valence-electron chi connectivity index (χ4n) is 5.41. The van der Waals surface area contributed by atoms with E-state index in [4.69, 9.17) is 11.6 Å². The molecule has 0 saturated carbocycles. The van der Waals surface area contributed by atoms with E-state index in [0.717, 1.165) is 18.4 Å². The van der Waals surface area contributed by atoms with E-state index in [1.807, 2.05) is 37.3 Å². The van der Waals surface area contributed by atoms with E-state index in [1.165, 1.54) is 4.90 Å². The molecule has 3 aliphatic rings. The van der Waals surface area contributed by atoms with E-state index in [2.05, 4.69) is 10.6 Å². The van der Waals surface area contributed by atoms with Crippen LogP contribution in [0.15, 0.2) is 48.5 Å². The molecule has 7 heteroatoms. The second kappa shape index (κ2) is 7.46. The number of carbonyl (C=O) groups is 3. The van der Waals surface area contributed by atoms with E-state index < -0.39 is 17.4 Å². The molecule has 3 aliphatic heterocycles. The average Bonchev–Trinajstić information content (AvgIpc) is 3.33. The van der Waals surface area contributed by atoms with E-state index in [-0.39, 0.29) is 23.8 Å². The summed E-state index contributed by atoms with van der Waals surface area (Å²) in [6.07, 6.45) is 2.17. The monoisotopic (exact) mass is 437 g/mol. The number of fused-ring (bicyclic) bond motifs is 4. The smallest absolute Gasteiger partial charge is 0.250 e. The molecule has 3 heterocycles. The molecule has 2 fully saturated rings. The predicted octanol–water partition coefficient (Wildman–Crippen LogP) is 3.10. The first-order valence-electron chi connectivity index (χ1n) is 10.8. The van der Waals surface area contributed by atoms with E-state index in [9.17, 15) is 14.4 Å². The summed E-state index contributed by atoms with van der Waals surface area (Å²) in [5.74, 6) is -2.13. The van der Waals surface area contributed by atoms with E-state index in [0.29, 0.717) is 29.2 Å². The summed E-state index contributed by atoms with van der Waals surface area (Å²) >= 11 is 6.27. The maximum atomic E-state index is 13.6. The highest BCUT2D eigenvalue weighted by Gasteiger charge is 2.70. The Morgan fingerprint density at radius 1 is 1.06 bits per heavy atom. The average molecular weight is 438 g/mol. The fourth-order valence-corrected chi connectivity index (χ4v) is 5.59. The Morgan fingerprint density at radius 3 is 2.58 bits per heavy atom. The number of amides is 3. The molecule has 2 N–H and O–H groups in total. The summed E-state index contributed by atoms with van der Waals surface area (Å²) < 4.78 is 0. The minimum Gasteiger partial charge on any atom is -0.324 e. The Balaban J connectivity index is 1.62. The molecule has 1 spiro atoms. The lowest BCUT2D eigenvalue weighted by Crippen LogP contribution is -2.53. The first kappa shape index (κ1) is 20.2. The topological polar surface area (TPSA) is 78.5 Å². The zero-order valence-electron chi connectivity index (χ0n) is 17.2. The molecular weight excluding hydrogens is 414 g/mol. The minimum atomic E-state index is -1.29. The van der Waals surface area contributed by atoms with Crippen molar-refractivity contribution in [3.8, 4) is 0 Å². The van der Waals surface area contributed by atoms with Crippen LogP contribution in [0.1, 0.15) is 30.9 Å². The van der Waals surface area contributed by atoms with Gasteiger partial charge in [-0.3, -0.25) is 24.6 Å². The molecule has 2 saturated heterocycles. The predicted molar refractivity (Wildman–Crippen MR) is 117 cm³/mol. The first-order valence-corrected chi connectivity index (χ1v) is 11.1. The van der Waals surface area contributed by atoms with Gasteiger partial charge in [0.05, 0.1) is 11.8 Å². The Hall–Kier alpha value is -2.70. The van der Waals surface area contributed by atoms with Gasteiger partial charge in [-0.05, 0) is 36.6 Å². The summed E-state index contributed by atoms with van der Waals surface area (Å²) in [7, 11) is 0. The van der Waals surface area contributed by atoms with Crippen LogP contribution in [0.2, 0.25) is 5.02 Å². The van der Waals surface area contributed by atoms with Crippen LogP contribution in [0.5, 0.6) is 0 Å². The molecule has 3 amide bonds. The summed E-state index contributed by atoms with van der Waals surface area (Å²) in [5, 5.41) is 6.84. The van der Waals surface area contributed by atoms with Gasteiger partial charge < -0.3 is 5.32 Å². The quantitative estimate of drug-likeness (QED) is 0.704. The van der Waals surface area contributed by atoms with Gasteiger partial charge in [0, 0.05) is 28.9 Å². The summed E-state index contributed by atoms with van der Waals surface area (Å²) in [5.41, 5.74) is 1.04. The molecule has 2 unspecified atom stereocenters. The Morgan fingerprint density at radius 2 is 1.84 bits per heavy atom. The second-order valence-corrected chi connectivity index (χ2v) is 9.01. The third-order valence-corrected chi connectivity index (χ3v) is 7.04. The van der Waals surface area contributed by atoms with Gasteiger partial charge in [-0.25, -0.2) is 0 Å². The first-order chi connectivity index (χ1) is 15.0. The van der Waals surface area contributed by atoms with Crippen LogP contribution in [0.25, 0.3) is 0 Å². The van der Waals surface area contributed by atoms with E-state index >= 15 is 0 Å². The lowest BCUT2D eigenvalue weighted by atomic mass is 9.76. The molecule has 0 aliphatic carbocycles. The Bertz CT molecular complexity index is 1070. The SMILES string of the molecule is CCCCN1C(=O)[C@@H]2C(Cc3ccccc3)NC3(C(=O)Nc4ccc(Cl)cc43)[C@@H]2C1=O. The van der Waals surface area contributed by atoms with Crippen LogP contribution in [0.4, 0.5) is 5.69 Å². The number of unbranched alkanes of at least 4 members (excludes halogenated alkanes) is 1. The van der Waals surface area contributed by atoms with Gasteiger partial charge in [0.25, 0.3) is 0 Å². The number of halogens is 1. The van der Waals surface area contributed by atoms with Crippen LogP contribution in [0.3, 0.4) is 0 Å². The molecule has 6 nitrogen and oxygen atoms in total. The number of anilines is 1. The highest BCUT2D eigenvalue weighted by Crippen LogP contribution is 2.53. The largest absolute Gasteiger partial charge is 0.324 e. The number of nitrogens with zero attached hydrogens (tertiary/aromatic N) is 1. The van der Waals surface area contributed by atoms with Gasteiger partial charge in [-0.1, -0.05) is 55.3 Å². The van der Waals surface area contributed by atoms with Crippen molar-refractivity contribution in [1.29, 1.82) is 0 Å². The van der Waals surface area contributed by atoms with Crippen molar-refractivity contribution in [2.75, 3.05) is 11.9 Å². The van der Waals surface area contributed by atoms with Crippen molar-refractivity contribution in [2.24, 2.45) is 11.8 Å². The number of hydrogen-bond acceptors (Lipinski definition) is 4. The zero-order valence-corrected chi connectivity index (χ0v) is 18.0. The second-order valence-electron chi connectivity index (χ2n) is 8.58. The number of nitrogens with one attached hydrogen (secondary N) is 2. The molecule has 5 rings (SSSR count). The van der Waals surface area contributed by atoms with Crippen molar-refractivity contribution in [3.63, 3.8) is 0 Å². The molecule has 160 valence electrons. The van der Waals surface area contributed by atoms with Gasteiger partial charge in [0.2, 0.25) is 17.7 Å². The van der Waals surface area contributed by atoms with Gasteiger partial charge >= 0.3 is 0 Å². The van der Waals surface area contributed by atoms with Crippen LogP contribution in [-0.2, 0) is 26.3 Å². The summed E-state index contributed by atoms with van der Waals surface area (Å²) in [6.45, 7) is 2.41. The molecule has 0 aromatic heterocycles. The van der Waals surface area contributed by atoms with Crippen LogP contribution >= 0.6 is 11.6 Å². The highest BCUT2D eigenvalue weighted by molar-refractivity contribution is 6.31. The number of rotatable bonds is 5. The molecule has 31 heavy (non-hydrogen) atoms. The number of likely N-dealkylation sites (tertiary alicyclic amines) is 1. The van der Waals surface area contributed by atoms with Gasteiger partial charge in [-0.2, -0.15) is 0 Å². The third-order valence-electron chi connectivity index (χ3n) is 6.80. The molecular formula is C24H24ClN3O3. The lowest BCUT2D eigenvalue weighted by molar-refractivity contribution is -0.142. The summed E-state index contributed by atoms with van der Waals surface area (Å²) in [4.78, 5) is 41.7. The normalized spacial score (nSPS) is 28.9. The van der Waals surface area contributed by atoms with Crippen molar-refractivity contribution in [1.82, 2.24) is 10.2 Å². The van der Waals surface area contributed by atoms with Crippen molar-refractivity contribution in [2.45, 2.75) is 37.8 Å². The molecule has 4 atom stereocenters. The van der Waals surface area contributed by atoms with Gasteiger partial charge in [0.1, 0.15) is 5.54 Å². The fraction of sp³-hybridized carbons (Fsp3) is 0.375. The number of carbonyl (C=O) groups excluding carboxylic acids is 3. The zero-order chi connectivity index (χ0) is 21.8. The Kier molecular flexibility index (Phi) is 4.87. The lowest BCUT2D eigenvalue weighted by Gasteiger charge is -2.29. The van der Waals surface area contributed by atoms with Crippen LogP contribution in [0, 0.1) is 11.8 Å². The number of hydrogen-bond donors (Lipinski definition) is 2. The van der Waals surface area contributed by atoms with E-state index in [1.54, 1.807) is 18.2 Å². The third kappa shape index (κ3) is 2.92. The molecule has 2 aromatic carbocycles. The highest BCUT2D eigenvalue weighted by atomic mass is 35.5. The van der Waals surface area contributed by atoms with Crippen LogP contribution in [-0.4, -0.2) is 35.2 Å². The molecule has 2 aromatic rings. The number of imide groups is 1. The van der Waals surface area contributed by atoms with Crippen molar-refractivity contribution >= 4 is 35.0 Å². The number of benzene rings is 2. The summed E-state index contributed by atoms with van der Waals surface area (Å²) in [6, 6.07) is 14.7. The van der Waals surface area contributed by atoms with Gasteiger partial charge in [0.15, 0.2) is 0 Å². The van der Waals surface area contributed by atoms with Crippen molar-refractivity contribution in [3.05, 3.63) is 64.7 Å². The standard InChI is InChI=1S/C24H24ClN3O3/c1-2-3-11-28-21(29)19-18(12-14-7-5-4-6-8-14)27-24(20(19)22(28)30)16-13-15(25)9-10-17(16)26-23(24)31/h4-10,13,18-20,27H,2-3,11-12H2,1H3,(H,26,31)/t18?,19-,20+,24?/m1/s1. The minimum absolute atomic E-state index is 0.183. The maximum absolute atomic E-state index is 13.6. The van der Waals surface area contributed by atoms with Crippen LogP contribution < -0.4 is 10.6 Å². The Labute approximate surface area is 185 Å². The molecule has 0 bridgehead atoms. The van der Waals surface area contributed by atoms with Crippen molar-refractivity contribution < 1.29 is 14.4 Å². The molecule has 0 radical (unpaired) electrons. The van der Waals surface area contributed by atoms with Gasteiger partial charge in [-0.15, -0.1) is 0 Å².